The van der Waals surface area contributed by atoms with Crippen molar-refractivity contribution in [2.24, 2.45) is 5.10 Å². The highest BCUT2D eigenvalue weighted by atomic mass is 35.5. The summed E-state index contributed by atoms with van der Waals surface area (Å²) >= 11 is 12.6. The number of amides is 1. The number of nitrogens with one attached hydrogen (secondary N) is 1. The van der Waals surface area contributed by atoms with Gasteiger partial charge in [0.25, 0.3) is 10.0 Å². The molecule has 1 fully saturated rings. The molecule has 1 aliphatic rings. The maximum Gasteiger partial charge on any atom is 0.410 e. The number of rotatable bonds is 4. The van der Waals surface area contributed by atoms with Crippen LogP contribution in [0.1, 0.15) is 31.9 Å². The number of carbonyl (C=O) groups is 1. The van der Waals surface area contributed by atoms with E-state index in [2.05, 4.69) is 5.10 Å². The largest absolute Gasteiger partial charge is 0.444 e. The number of hydrogen-bond donors (Lipinski definition) is 1. The molecular formula is C24H27Cl2F3N4O4S. The second-order valence-corrected chi connectivity index (χ2v) is 12.1. The Morgan fingerprint density at radius 3 is 2.16 bits per heavy atom. The van der Waals surface area contributed by atoms with Crippen LogP contribution in [-0.4, -0.2) is 67.6 Å². The molecule has 2 aromatic carbocycles. The fourth-order valence-corrected chi connectivity index (χ4v) is 5.03. The molecule has 0 radical (unpaired) electrons. The van der Waals surface area contributed by atoms with Gasteiger partial charge in [-0.1, -0.05) is 47.0 Å². The molecule has 3 rings (SSSR count). The minimum absolute atomic E-state index is 0.0405. The Bertz CT molecular complexity index is 1290. The van der Waals surface area contributed by atoms with Gasteiger partial charge in [0.1, 0.15) is 11.6 Å². The summed E-state index contributed by atoms with van der Waals surface area (Å²) < 4.78 is 74.0. The molecule has 1 saturated heterocycles. The van der Waals surface area contributed by atoms with Crippen molar-refractivity contribution in [2.75, 3.05) is 19.6 Å². The van der Waals surface area contributed by atoms with E-state index in [9.17, 15) is 26.4 Å². The van der Waals surface area contributed by atoms with Crippen molar-refractivity contribution in [3.63, 3.8) is 0 Å². The average Bonchev–Trinajstić information content (AvgIpc) is 2.79. The Hall–Kier alpha value is -2.70. The Kier molecular flexibility index (Phi) is 8.79. The van der Waals surface area contributed by atoms with E-state index in [0.29, 0.717) is 0 Å². The number of hydrazone groups is 1. The topological polar surface area (TPSA) is 91.3 Å². The molecule has 1 amide bonds. The van der Waals surface area contributed by atoms with E-state index < -0.39 is 46.3 Å². The molecule has 1 N–H and O–H groups in total. The summed E-state index contributed by atoms with van der Waals surface area (Å²) in [4.78, 5) is 16.2. The molecule has 0 spiro atoms. The Labute approximate surface area is 229 Å². The quantitative estimate of drug-likeness (QED) is 0.290. The molecule has 0 aliphatic carbocycles. The zero-order chi connectivity index (χ0) is 28.5. The van der Waals surface area contributed by atoms with E-state index in [1.165, 1.54) is 30.3 Å². The molecule has 38 heavy (non-hydrogen) atoms. The van der Waals surface area contributed by atoms with Crippen molar-refractivity contribution in [2.45, 2.75) is 50.4 Å². The maximum atomic E-state index is 14.3. The second kappa shape index (κ2) is 11.2. The summed E-state index contributed by atoms with van der Waals surface area (Å²) in [6.07, 6.45) is -5.74. The van der Waals surface area contributed by atoms with Crippen molar-refractivity contribution in [1.29, 1.82) is 0 Å². The van der Waals surface area contributed by atoms with Gasteiger partial charge in [0, 0.05) is 13.1 Å². The number of nitrogens with zero attached hydrogens (tertiary/aromatic N) is 3. The van der Waals surface area contributed by atoms with Crippen molar-refractivity contribution in [1.82, 2.24) is 14.6 Å². The number of sulfonamides is 1. The monoisotopic (exact) mass is 594 g/mol. The molecule has 0 bridgehead atoms. The van der Waals surface area contributed by atoms with Gasteiger partial charge >= 0.3 is 12.3 Å². The summed E-state index contributed by atoms with van der Waals surface area (Å²) in [5.41, 5.74) is -0.192. The van der Waals surface area contributed by atoms with Crippen molar-refractivity contribution in [3.05, 3.63) is 63.6 Å². The van der Waals surface area contributed by atoms with Gasteiger partial charge in [-0.05, 0) is 52.0 Å². The van der Waals surface area contributed by atoms with Crippen LogP contribution in [0.3, 0.4) is 0 Å². The number of alkyl halides is 3. The number of piperazine rings is 1. The van der Waals surface area contributed by atoms with Gasteiger partial charge in [0.15, 0.2) is 5.84 Å². The summed E-state index contributed by atoms with van der Waals surface area (Å²) in [6.45, 7) is 5.27. The van der Waals surface area contributed by atoms with Crippen LogP contribution in [0.25, 0.3) is 0 Å². The van der Waals surface area contributed by atoms with Gasteiger partial charge in [-0.2, -0.15) is 26.4 Å². The van der Waals surface area contributed by atoms with Gasteiger partial charge in [0.05, 0.1) is 27.0 Å². The van der Waals surface area contributed by atoms with Gasteiger partial charge in [-0.15, -0.1) is 5.10 Å². The first-order valence-corrected chi connectivity index (χ1v) is 13.7. The predicted molar refractivity (Wildman–Crippen MR) is 139 cm³/mol. The third-order valence-corrected chi connectivity index (χ3v) is 7.33. The van der Waals surface area contributed by atoms with E-state index in [1.807, 2.05) is 4.83 Å². The number of amidine groups is 1. The second-order valence-electron chi connectivity index (χ2n) is 9.62. The predicted octanol–water partition coefficient (Wildman–Crippen LogP) is 5.43. The molecule has 1 aliphatic heterocycles. The normalized spacial score (nSPS) is 17.4. The summed E-state index contributed by atoms with van der Waals surface area (Å²) in [7, 11) is -4.26. The average molecular weight is 595 g/mol. The summed E-state index contributed by atoms with van der Waals surface area (Å²) in [5.74, 6) is -0.442. The molecular weight excluding hydrogens is 568 g/mol. The standard InChI is InChI=1S/C24H27Cl2F3N4O4S/c1-15-8-10-16(11-9-15)38(35,36)31-30-21(20-17(25)6-5-7-18(20)26)33-13-12-32(14-19(33)24(27,28)29)22(34)37-23(2,3)4/h5-11,19,31H,12-14H2,1-4H3/b30-21+. The molecule has 1 atom stereocenters. The first kappa shape index (κ1) is 29.9. The lowest BCUT2D eigenvalue weighted by atomic mass is 10.1. The van der Waals surface area contributed by atoms with Crippen LogP contribution in [0.2, 0.25) is 10.0 Å². The molecule has 208 valence electrons. The highest BCUT2D eigenvalue weighted by Gasteiger charge is 2.49. The highest BCUT2D eigenvalue weighted by molar-refractivity contribution is 7.89. The number of halogens is 5. The Morgan fingerprint density at radius 2 is 1.63 bits per heavy atom. The van der Waals surface area contributed by atoms with Gasteiger partial charge in [-0.25, -0.2) is 4.79 Å². The number of aryl methyl sites for hydroxylation is 1. The van der Waals surface area contributed by atoms with Crippen LogP contribution in [0.5, 0.6) is 0 Å². The zero-order valence-corrected chi connectivity index (χ0v) is 23.3. The third-order valence-electron chi connectivity index (χ3n) is 5.47. The lowest BCUT2D eigenvalue weighted by Gasteiger charge is -2.43. The summed E-state index contributed by atoms with van der Waals surface area (Å²) in [6, 6.07) is 7.83. The lowest BCUT2D eigenvalue weighted by molar-refractivity contribution is -0.183. The lowest BCUT2D eigenvalue weighted by Crippen LogP contribution is -2.62. The number of hydrogen-bond acceptors (Lipinski definition) is 5. The van der Waals surface area contributed by atoms with Crippen LogP contribution in [0.15, 0.2) is 52.5 Å². The van der Waals surface area contributed by atoms with Crippen molar-refractivity contribution >= 4 is 45.2 Å². The molecule has 1 heterocycles. The molecule has 1 unspecified atom stereocenters. The van der Waals surface area contributed by atoms with Crippen molar-refractivity contribution < 1.29 is 31.1 Å². The number of carbonyl (C=O) groups excluding carboxylic acids is 1. The van der Waals surface area contributed by atoms with Crippen LogP contribution in [0.4, 0.5) is 18.0 Å². The van der Waals surface area contributed by atoms with E-state index in [4.69, 9.17) is 27.9 Å². The maximum absolute atomic E-state index is 14.3. The number of ether oxygens (including phenoxy) is 1. The molecule has 2 aromatic rings. The smallest absolute Gasteiger partial charge is 0.410 e. The van der Waals surface area contributed by atoms with Crippen LogP contribution in [-0.2, 0) is 14.8 Å². The first-order chi connectivity index (χ1) is 17.5. The molecule has 0 aromatic heterocycles. The van der Waals surface area contributed by atoms with Gasteiger partial charge < -0.3 is 14.5 Å². The molecule has 8 nitrogen and oxygen atoms in total. The van der Waals surface area contributed by atoms with Crippen molar-refractivity contribution in [3.8, 4) is 0 Å². The molecule has 14 heteroatoms. The van der Waals surface area contributed by atoms with E-state index in [-0.39, 0.29) is 33.6 Å². The minimum Gasteiger partial charge on any atom is -0.444 e. The zero-order valence-electron chi connectivity index (χ0n) is 21.0. The fraction of sp³-hybridized carbons (Fsp3) is 0.417. The number of benzene rings is 2. The van der Waals surface area contributed by atoms with Crippen LogP contribution >= 0.6 is 23.2 Å². The van der Waals surface area contributed by atoms with E-state index in [1.54, 1.807) is 39.8 Å². The third kappa shape index (κ3) is 7.23. The summed E-state index contributed by atoms with van der Waals surface area (Å²) in [5, 5.41) is 3.82. The van der Waals surface area contributed by atoms with Gasteiger partial charge in [-0.3, -0.25) is 0 Å². The Morgan fingerprint density at radius 1 is 1.05 bits per heavy atom. The van der Waals surface area contributed by atoms with Crippen LogP contribution in [0, 0.1) is 6.92 Å². The molecule has 0 saturated carbocycles. The first-order valence-electron chi connectivity index (χ1n) is 11.4. The Balaban J connectivity index is 2.06. The van der Waals surface area contributed by atoms with E-state index >= 15 is 0 Å². The SMILES string of the molecule is Cc1ccc(S(=O)(=O)N/N=C(\c2c(Cl)cccc2Cl)N2CCN(C(=O)OC(C)(C)C)CC2C(F)(F)F)cc1. The fourth-order valence-electron chi connectivity index (χ4n) is 3.66. The van der Waals surface area contributed by atoms with Gasteiger partial charge in [0.2, 0.25) is 0 Å². The van der Waals surface area contributed by atoms with Crippen LogP contribution < -0.4 is 4.83 Å². The highest BCUT2D eigenvalue weighted by Crippen LogP contribution is 2.33. The van der Waals surface area contributed by atoms with E-state index in [0.717, 1.165) is 15.4 Å². The minimum atomic E-state index is -4.84.